The van der Waals surface area contributed by atoms with Crippen molar-refractivity contribution in [1.82, 2.24) is 0 Å². The number of nitrogens with one attached hydrogen (secondary N) is 1. The minimum Gasteiger partial charge on any atom is -0.369 e. The molecule has 1 aromatic rings. The monoisotopic (exact) mass is 211 g/mol. The van der Waals surface area contributed by atoms with Crippen LogP contribution in [0.5, 0.6) is 0 Å². The molecule has 1 N–H and O–H groups in total. The molecule has 0 radical (unpaired) electrons. The Morgan fingerprint density at radius 1 is 1.43 bits per heavy atom. The van der Waals surface area contributed by atoms with Crippen LogP contribution in [0.2, 0.25) is 0 Å². The summed E-state index contributed by atoms with van der Waals surface area (Å²) in [6, 6.07) is 4.73. The van der Waals surface area contributed by atoms with Gasteiger partial charge in [0, 0.05) is 4.90 Å². The molecule has 0 spiro atoms. The lowest BCUT2D eigenvalue weighted by Gasteiger charge is -2.31. The van der Waals surface area contributed by atoms with Crippen molar-refractivity contribution >= 4 is 22.6 Å². The Kier molecular flexibility index (Phi) is 2.03. The Morgan fingerprint density at radius 2 is 2.14 bits per heavy atom. The summed E-state index contributed by atoms with van der Waals surface area (Å²) in [7, 11) is 0. The number of carbonyl (C=O) groups excluding carboxylic acids is 1. The Hall–Kier alpha value is -1.03. The number of anilines is 1. The van der Waals surface area contributed by atoms with E-state index in [0.717, 1.165) is 11.8 Å². The predicted octanol–water partition coefficient (Wildman–Crippen LogP) is 2.65. The molecule has 0 saturated carbocycles. The second kappa shape index (κ2) is 2.98. The summed E-state index contributed by atoms with van der Waals surface area (Å²) in [5.74, 6) is -0.310. The number of rotatable bonds is 0. The standard InChI is InChI=1S/C10H10FNOS/c1-10(2)9(13)14-7-5-3-4-6(11)8(7)12-10/h3-5,12H,1-2H3. The molecule has 0 bridgehead atoms. The molecule has 1 aliphatic rings. The van der Waals surface area contributed by atoms with Crippen LogP contribution in [-0.2, 0) is 4.79 Å². The maximum absolute atomic E-state index is 13.4. The van der Waals surface area contributed by atoms with Crippen LogP contribution in [0, 0.1) is 5.82 Å². The molecular formula is C10H10FNOS. The van der Waals surface area contributed by atoms with Crippen LogP contribution in [0.15, 0.2) is 23.1 Å². The second-order valence-electron chi connectivity index (χ2n) is 3.75. The van der Waals surface area contributed by atoms with Gasteiger partial charge in [0.1, 0.15) is 11.4 Å². The fourth-order valence-corrected chi connectivity index (χ4v) is 2.20. The van der Waals surface area contributed by atoms with Crippen LogP contribution in [0.4, 0.5) is 10.1 Å². The van der Waals surface area contributed by atoms with E-state index in [9.17, 15) is 9.18 Å². The first-order valence-corrected chi connectivity index (χ1v) is 5.11. The lowest BCUT2D eigenvalue weighted by molar-refractivity contribution is -0.114. The summed E-state index contributed by atoms with van der Waals surface area (Å²) in [5, 5.41) is 2.92. The Labute approximate surface area is 85.9 Å². The van der Waals surface area contributed by atoms with Gasteiger partial charge < -0.3 is 5.32 Å². The maximum atomic E-state index is 13.4. The molecule has 0 fully saturated rings. The predicted molar refractivity (Wildman–Crippen MR) is 55.0 cm³/mol. The summed E-state index contributed by atoms with van der Waals surface area (Å²) >= 11 is 1.09. The van der Waals surface area contributed by atoms with Gasteiger partial charge in [0.05, 0.1) is 5.69 Å². The van der Waals surface area contributed by atoms with E-state index < -0.39 is 5.54 Å². The topological polar surface area (TPSA) is 29.1 Å². The average molecular weight is 211 g/mol. The number of benzene rings is 1. The van der Waals surface area contributed by atoms with Gasteiger partial charge in [-0.2, -0.15) is 0 Å². The first kappa shape index (κ1) is 9.52. The number of hydrogen-bond donors (Lipinski definition) is 1. The zero-order chi connectivity index (χ0) is 10.3. The number of halogens is 1. The van der Waals surface area contributed by atoms with E-state index in [0.29, 0.717) is 10.6 Å². The minimum absolute atomic E-state index is 0.00981. The van der Waals surface area contributed by atoms with Gasteiger partial charge >= 0.3 is 0 Å². The summed E-state index contributed by atoms with van der Waals surface area (Å²) in [6.45, 7) is 3.50. The minimum atomic E-state index is -0.695. The Morgan fingerprint density at radius 3 is 2.86 bits per heavy atom. The van der Waals surface area contributed by atoms with Gasteiger partial charge in [0.2, 0.25) is 5.12 Å². The highest BCUT2D eigenvalue weighted by Crippen LogP contribution is 2.39. The van der Waals surface area contributed by atoms with Crippen LogP contribution >= 0.6 is 11.8 Å². The Balaban J connectivity index is 2.51. The largest absolute Gasteiger partial charge is 0.369 e. The van der Waals surface area contributed by atoms with Crippen molar-refractivity contribution in [3.63, 3.8) is 0 Å². The van der Waals surface area contributed by atoms with Crippen LogP contribution in [-0.4, -0.2) is 10.7 Å². The van der Waals surface area contributed by atoms with E-state index in [2.05, 4.69) is 5.32 Å². The highest BCUT2D eigenvalue weighted by molar-refractivity contribution is 8.14. The highest BCUT2D eigenvalue weighted by Gasteiger charge is 2.34. The first-order chi connectivity index (χ1) is 6.50. The van der Waals surface area contributed by atoms with E-state index in [1.807, 2.05) is 0 Å². The number of fused-ring (bicyclic) bond motifs is 1. The quantitative estimate of drug-likeness (QED) is 0.715. The molecule has 1 aliphatic heterocycles. The van der Waals surface area contributed by atoms with Crippen molar-refractivity contribution in [2.75, 3.05) is 5.32 Å². The molecule has 74 valence electrons. The van der Waals surface area contributed by atoms with Gasteiger partial charge in [0.25, 0.3) is 0 Å². The van der Waals surface area contributed by atoms with Gasteiger partial charge in [-0.05, 0) is 37.7 Å². The van der Waals surface area contributed by atoms with Crippen molar-refractivity contribution in [1.29, 1.82) is 0 Å². The van der Waals surface area contributed by atoms with E-state index in [1.165, 1.54) is 6.07 Å². The smallest absolute Gasteiger partial charge is 0.218 e. The van der Waals surface area contributed by atoms with Gasteiger partial charge in [-0.3, -0.25) is 4.79 Å². The summed E-state index contributed by atoms with van der Waals surface area (Å²) in [6.07, 6.45) is 0. The lowest BCUT2D eigenvalue weighted by atomic mass is 10.1. The van der Waals surface area contributed by atoms with Crippen molar-refractivity contribution in [2.24, 2.45) is 0 Å². The van der Waals surface area contributed by atoms with Crippen molar-refractivity contribution in [2.45, 2.75) is 24.3 Å². The summed E-state index contributed by atoms with van der Waals surface area (Å²) < 4.78 is 13.4. The molecule has 2 rings (SSSR count). The zero-order valence-electron chi connectivity index (χ0n) is 7.93. The highest BCUT2D eigenvalue weighted by atomic mass is 32.2. The fraction of sp³-hybridized carbons (Fsp3) is 0.300. The number of para-hydroxylation sites is 1. The Bertz CT molecular complexity index is 403. The first-order valence-electron chi connectivity index (χ1n) is 4.30. The SMILES string of the molecule is CC1(C)Nc2c(F)cccc2SC1=O. The molecule has 0 aromatic heterocycles. The van der Waals surface area contributed by atoms with Crippen molar-refractivity contribution < 1.29 is 9.18 Å². The summed E-state index contributed by atoms with van der Waals surface area (Å²) in [5.41, 5.74) is -0.262. The molecule has 0 atom stereocenters. The molecule has 0 saturated heterocycles. The van der Waals surface area contributed by atoms with Crippen molar-refractivity contribution in [3.8, 4) is 0 Å². The molecule has 0 unspecified atom stereocenters. The molecule has 4 heteroatoms. The second-order valence-corrected chi connectivity index (χ2v) is 4.77. The molecule has 1 heterocycles. The van der Waals surface area contributed by atoms with Crippen LogP contribution in [0.25, 0.3) is 0 Å². The molecule has 1 aromatic carbocycles. The van der Waals surface area contributed by atoms with Crippen LogP contribution in [0.3, 0.4) is 0 Å². The van der Waals surface area contributed by atoms with E-state index >= 15 is 0 Å². The molecule has 14 heavy (non-hydrogen) atoms. The van der Waals surface area contributed by atoms with E-state index in [-0.39, 0.29) is 10.9 Å². The number of thioether (sulfide) groups is 1. The van der Waals surface area contributed by atoms with Crippen LogP contribution < -0.4 is 5.32 Å². The number of hydrogen-bond acceptors (Lipinski definition) is 3. The zero-order valence-corrected chi connectivity index (χ0v) is 8.74. The third kappa shape index (κ3) is 1.39. The average Bonchev–Trinajstić information content (AvgIpc) is 2.09. The molecular weight excluding hydrogens is 201 g/mol. The van der Waals surface area contributed by atoms with Gasteiger partial charge in [-0.15, -0.1) is 0 Å². The molecule has 2 nitrogen and oxygen atoms in total. The number of carbonyl (C=O) groups is 1. The van der Waals surface area contributed by atoms with Crippen molar-refractivity contribution in [3.05, 3.63) is 24.0 Å². The van der Waals surface area contributed by atoms with E-state index in [1.54, 1.807) is 26.0 Å². The summed E-state index contributed by atoms with van der Waals surface area (Å²) in [4.78, 5) is 12.2. The molecule has 0 aliphatic carbocycles. The normalized spacial score (nSPS) is 18.6. The van der Waals surface area contributed by atoms with Crippen LogP contribution in [0.1, 0.15) is 13.8 Å². The lowest BCUT2D eigenvalue weighted by Crippen LogP contribution is -2.41. The van der Waals surface area contributed by atoms with Gasteiger partial charge in [0.15, 0.2) is 0 Å². The third-order valence-corrected chi connectivity index (χ3v) is 3.38. The maximum Gasteiger partial charge on any atom is 0.218 e. The van der Waals surface area contributed by atoms with E-state index in [4.69, 9.17) is 0 Å². The molecule has 0 amide bonds. The van der Waals surface area contributed by atoms with Gasteiger partial charge in [-0.25, -0.2) is 4.39 Å². The van der Waals surface area contributed by atoms with Gasteiger partial charge in [-0.1, -0.05) is 6.07 Å². The third-order valence-electron chi connectivity index (χ3n) is 2.13. The fourth-order valence-electron chi connectivity index (χ4n) is 1.30.